The minimum Gasteiger partial charge on any atom is -0.378 e. The van der Waals surface area contributed by atoms with Crippen molar-refractivity contribution in [2.75, 3.05) is 145 Å². The van der Waals surface area contributed by atoms with Crippen LogP contribution in [-0.4, -0.2) is 150 Å². The Kier molecular flexibility index (Phi) is 29.8. The van der Waals surface area contributed by atoms with Crippen LogP contribution in [0.15, 0.2) is 0 Å². The van der Waals surface area contributed by atoms with Crippen LogP contribution in [0.1, 0.15) is 0 Å². The predicted molar refractivity (Wildman–Crippen MR) is 127 cm³/mol. The van der Waals surface area contributed by atoms with E-state index in [9.17, 15) is 0 Å². The van der Waals surface area contributed by atoms with Crippen LogP contribution in [0, 0.1) is 0 Å². The van der Waals surface area contributed by atoms with Crippen LogP contribution in [-0.2, 0) is 42.6 Å². The van der Waals surface area contributed by atoms with Crippen molar-refractivity contribution in [2.24, 2.45) is 0 Å². The molecule has 0 saturated heterocycles. The molecule has 0 fully saturated rings. The van der Waals surface area contributed by atoms with E-state index in [4.69, 9.17) is 54.2 Å². The van der Waals surface area contributed by atoms with Crippen LogP contribution < -0.4 is 0 Å². The van der Waals surface area contributed by atoms with E-state index in [-0.39, 0.29) is 0 Å². The zero-order valence-corrected chi connectivity index (χ0v) is 21.4. The van der Waals surface area contributed by atoms with E-state index >= 15 is 0 Å². The molecule has 0 saturated carbocycles. The molecule has 0 heterocycles. The van der Waals surface area contributed by atoms with Gasteiger partial charge >= 0.3 is 0 Å². The third kappa shape index (κ3) is 31.9. The Balaban J connectivity index is 3.00. The van der Waals surface area contributed by atoms with Crippen molar-refractivity contribution in [3.63, 3.8) is 0 Å². The first-order valence-electron chi connectivity index (χ1n) is 11.7. The summed E-state index contributed by atoms with van der Waals surface area (Å²) in [6.07, 6.45) is 0. The molecule has 0 aliphatic heterocycles. The molecule has 0 aromatic carbocycles. The largest absolute Gasteiger partial charge is 0.378 e. The van der Waals surface area contributed by atoms with Crippen molar-refractivity contribution >= 4 is 11.6 Å². The van der Waals surface area contributed by atoms with Gasteiger partial charge in [0, 0.05) is 12.4 Å². The maximum atomic E-state index is 5.49. The Morgan fingerprint density at radius 3 is 0.788 bits per heavy atom. The molecular formula is C22H46ClNO9. The van der Waals surface area contributed by atoms with Crippen molar-refractivity contribution in [3.8, 4) is 0 Å². The molecule has 200 valence electrons. The van der Waals surface area contributed by atoms with Gasteiger partial charge in [-0.05, 0) is 14.1 Å². The normalized spacial score (nSPS) is 11.6. The second kappa shape index (κ2) is 29.9. The van der Waals surface area contributed by atoms with Crippen LogP contribution in [0.4, 0.5) is 0 Å². The molecule has 0 unspecified atom stereocenters. The molecule has 0 N–H and O–H groups in total. The molecule has 0 radical (unpaired) electrons. The lowest BCUT2D eigenvalue weighted by Crippen LogP contribution is -2.19. The van der Waals surface area contributed by atoms with Crippen molar-refractivity contribution in [1.82, 2.24) is 4.90 Å². The summed E-state index contributed by atoms with van der Waals surface area (Å²) >= 11 is 5.49. The van der Waals surface area contributed by atoms with Gasteiger partial charge in [-0.2, -0.15) is 0 Å². The number of hydrogen-bond donors (Lipinski definition) is 0. The molecule has 10 nitrogen and oxygen atoms in total. The summed E-state index contributed by atoms with van der Waals surface area (Å²) in [5, 5.41) is 0. The number of rotatable bonds is 29. The van der Waals surface area contributed by atoms with Gasteiger partial charge in [0.25, 0.3) is 0 Å². The fourth-order valence-corrected chi connectivity index (χ4v) is 2.27. The zero-order chi connectivity index (χ0) is 24.1. The predicted octanol–water partition coefficient (Wildman–Crippen LogP) is 0.936. The Morgan fingerprint density at radius 1 is 0.364 bits per heavy atom. The minimum atomic E-state index is 0.503. The Bertz CT molecular complexity index is 358. The highest BCUT2D eigenvalue weighted by molar-refractivity contribution is 6.17. The van der Waals surface area contributed by atoms with E-state index in [1.54, 1.807) is 0 Å². The second-order valence-corrected chi connectivity index (χ2v) is 7.38. The molecule has 11 heteroatoms. The number of alkyl halides is 1. The lowest BCUT2D eigenvalue weighted by atomic mass is 10.6. The lowest BCUT2D eigenvalue weighted by Gasteiger charge is -2.10. The Morgan fingerprint density at radius 2 is 0.576 bits per heavy atom. The summed E-state index contributed by atoms with van der Waals surface area (Å²) in [4.78, 5) is 2.08. The molecule has 0 rings (SSSR count). The highest BCUT2D eigenvalue weighted by Crippen LogP contribution is 1.86. The van der Waals surface area contributed by atoms with Gasteiger partial charge in [0.15, 0.2) is 0 Å². The third-order valence-corrected chi connectivity index (χ3v) is 4.03. The molecule has 33 heavy (non-hydrogen) atoms. The fraction of sp³-hybridized carbons (Fsp3) is 1.00. The van der Waals surface area contributed by atoms with Gasteiger partial charge < -0.3 is 47.5 Å². The molecule has 0 spiro atoms. The van der Waals surface area contributed by atoms with Crippen molar-refractivity contribution < 1.29 is 42.6 Å². The maximum Gasteiger partial charge on any atom is 0.0701 e. The van der Waals surface area contributed by atoms with Gasteiger partial charge in [0.2, 0.25) is 0 Å². The standard InChI is InChI=1S/C22H46ClNO9/c1-24(2)4-6-26-8-10-28-12-14-30-16-18-32-20-22-33-21-19-31-17-15-29-13-11-27-9-7-25-5-3-23/h3-22H2,1-2H3. The highest BCUT2D eigenvalue weighted by Gasteiger charge is 1.96. The van der Waals surface area contributed by atoms with E-state index in [1.165, 1.54) is 0 Å². The smallest absolute Gasteiger partial charge is 0.0701 e. The van der Waals surface area contributed by atoms with Gasteiger partial charge in [-0.3, -0.25) is 0 Å². The number of likely N-dealkylation sites (N-methyl/N-ethyl adjacent to an activating group) is 1. The highest BCUT2D eigenvalue weighted by atomic mass is 35.5. The summed E-state index contributed by atoms with van der Waals surface area (Å²) in [5.41, 5.74) is 0. The van der Waals surface area contributed by atoms with Gasteiger partial charge in [0.1, 0.15) is 0 Å². The SMILES string of the molecule is CN(C)CCOCCOCCOCCOCCOCCOCCOCCOCCOCCCl. The first kappa shape index (κ1) is 32.9. The summed E-state index contributed by atoms with van der Waals surface area (Å²) in [7, 11) is 4.04. The summed E-state index contributed by atoms with van der Waals surface area (Å²) < 4.78 is 48.5. The molecule has 0 aromatic rings. The average molecular weight is 504 g/mol. The maximum absolute atomic E-state index is 5.49. The zero-order valence-electron chi connectivity index (χ0n) is 20.6. The summed E-state index contributed by atoms with van der Waals surface area (Å²) in [6, 6.07) is 0. The van der Waals surface area contributed by atoms with E-state index in [1.807, 2.05) is 14.1 Å². The van der Waals surface area contributed by atoms with Crippen LogP contribution in [0.25, 0.3) is 0 Å². The summed E-state index contributed by atoms with van der Waals surface area (Å²) in [6.45, 7) is 10.9. The molecule has 0 aliphatic rings. The average Bonchev–Trinajstić information content (AvgIpc) is 2.80. The van der Waals surface area contributed by atoms with Crippen molar-refractivity contribution in [3.05, 3.63) is 0 Å². The monoisotopic (exact) mass is 503 g/mol. The van der Waals surface area contributed by atoms with Crippen molar-refractivity contribution in [1.29, 1.82) is 0 Å². The number of ether oxygens (including phenoxy) is 9. The Hall–Kier alpha value is -0.110. The molecule has 0 amide bonds. The minimum absolute atomic E-state index is 0.503. The summed E-state index contributed by atoms with van der Waals surface area (Å²) in [5.74, 6) is 0.503. The molecule has 0 atom stereocenters. The third-order valence-electron chi connectivity index (χ3n) is 3.88. The van der Waals surface area contributed by atoms with E-state index in [2.05, 4.69) is 4.90 Å². The van der Waals surface area contributed by atoms with Crippen LogP contribution in [0.3, 0.4) is 0 Å². The van der Waals surface area contributed by atoms with Gasteiger partial charge in [-0.25, -0.2) is 0 Å². The number of nitrogens with zero attached hydrogens (tertiary/aromatic N) is 1. The van der Waals surface area contributed by atoms with E-state index in [0.717, 1.165) is 13.2 Å². The lowest BCUT2D eigenvalue weighted by molar-refractivity contribution is -0.0249. The first-order valence-corrected chi connectivity index (χ1v) is 12.2. The van der Waals surface area contributed by atoms with Crippen LogP contribution >= 0.6 is 11.6 Å². The van der Waals surface area contributed by atoms with E-state index in [0.29, 0.717) is 118 Å². The van der Waals surface area contributed by atoms with Gasteiger partial charge in [-0.15, -0.1) is 11.6 Å². The molecule has 0 bridgehead atoms. The first-order chi connectivity index (χ1) is 16.3. The van der Waals surface area contributed by atoms with Gasteiger partial charge in [0.05, 0.1) is 119 Å². The van der Waals surface area contributed by atoms with Crippen LogP contribution in [0.2, 0.25) is 0 Å². The Labute approximate surface area is 204 Å². The fourth-order valence-electron chi connectivity index (χ4n) is 2.16. The molecule has 0 aromatic heterocycles. The van der Waals surface area contributed by atoms with Crippen LogP contribution in [0.5, 0.6) is 0 Å². The molecule has 0 aliphatic carbocycles. The number of halogens is 1. The topological polar surface area (TPSA) is 86.3 Å². The molecular weight excluding hydrogens is 458 g/mol. The second-order valence-electron chi connectivity index (χ2n) is 7.00. The van der Waals surface area contributed by atoms with E-state index < -0.39 is 0 Å². The van der Waals surface area contributed by atoms with Gasteiger partial charge in [-0.1, -0.05) is 0 Å². The quantitative estimate of drug-likeness (QED) is 0.108. The van der Waals surface area contributed by atoms with Crippen molar-refractivity contribution in [2.45, 2.75) is 0 Å². The number of hydrogen-bond acceptors (Lipinski definition) is 10.